The van der Waals surface area contributed by atoms with Gasteiger partial charge in [-0.15, -0.1) is 5.10 Å². The lowest BCUT2D eigenvalue weighted by Gasteiger charge is -2.14. The van der Waals surface area contributed by atoms with Gasteiger partial charge in [-0.3, -0.25) is 0 Å². The fraction of sp³-hybridized carbons (Fsp3) is 0.714. The number of hydrogen-bond donors (Lipinski definition) is 0. The molecule has 0 radical (unpaired) electrons. The molecule has 0 unspecified atom stereocenters. The average Bonchev–Trinajstić information content (AvgIpc) is 2.43. The lowest BCUT2D eigenvalue weighted by Crippen LogP contribution is -2.34. The fourth-order valence-electron chi connectivity index (χ4n) is 0.887. The molecule has 0 saturated carbocycles. The largest absolute Gasteiger partial charge is 0.457 e. The van der Waals surface area contributed by atoms with Crippen LogP contribution in [0.25, 0.3) is 0 Å². The molecule has 1 heterocycles. The Morgan fingerprint density at radius 2 is 2.00 bits per heavy atom. The number of aryl methyl sites for hydroxylation is 1. The minimum Gasteiger partial charge on any atom is -0.457 e. The van der Waals surface area contributed by atoms with Crippen molar-refractivity contribution < 1.29 is 22.3 Å². The van der Waals surface area contributed by atoms with E-state index in [0.717, 1.165) is 9.25 Å². The third-order valence-electron chi connectivity index (χ3n) is 1.80. The van der Waals surface area contributed by atoms with Crippen LogP contribution in [-0.4, -0.2) is 33.3 Å². The predicted octanol–water partition coefficient (Wildman–Crippen LogP) is 0.398. The summed E-state index contributed by atoms with van der Waals surface area (Å²) < 4.78 is 54.5. The van der Waals surface area contributed by atoms with Gasteiger partial charge in [0.2, 0.25) is 0 Å². The quantitative estimate of drug-likeness (QED) is 0.719. The van der Waals surface area contributed by atoms with Crippen molar-refractivity contribution in [2.45, 2.75) is 12.3 Å². The minimum absolute atomic E-state index is 0.437. The number of rotatable bonds is 4. The Balaban J connectivity index is 2.76. The van der Waals surface area contributed by atoms with Crippen LogP contribution in [0, 0.1) is 0 Å². The van der Waals surface area contributed by atoms with Crippen LogP contribution in [0.5, 0.6) is 6.01 Å². The van der Waals surface area contributed by atoms with Crippen LogP contribution in [0.3, 0.4) is 0 Å². The van der Waals surface area contributed by atoms with Crippen LogP contribution in [0.15, 0.2) is 4.79 Å². The molecule has 5 nitrogen and oxygen atoms in total. The summed E-state index contributed by atoms with van der Waals surface area (Å²) in [5.74, 6) is -4.27. The van der Waals surface area contributed by atoms with Crippen LogP contribution < -0.4 is 10.4 Å². The maximum Gasteiger partial charge on any atom is 0.348 e. The van der Waals surface area contributed by atoms with Crippen molar-refractivity contribution in [1.29, 1.82) is 0 Å². The van der Waals surface area contributed by atoms with Crippen molar-refractivity contribution in [2.75, 3.05) is 6.61 Å². The van der Waals surface area contributed by atoms with E-state index in [1.165, 1.54) is 14.1 Å². The highest BCUT2D eigenvalue weighted by Gasteiger charge is 2.42. The summed E-state index contributed by atoms with van der Waals surface area (Å²) in [4.78, 5) is 11.1. The van der Waals surface area contributed by atoms with Gasteiger partial charge < -0.3 is 4.74 Å². The van der Waals surface area contributed by atoms with Gasteiger partial charge >= 0.3 is 24.0 Å². The predicted molar refractivity (Wildman–Crippen MR) is 44.9 cm³/mol. The smallest absolute Gasteiger partial charge is 0.348 e. The molecule has 0 aliphatic heterocycles. The average molecular weight is 243 g/mol. The summed E-state index contributed by atoms with van der Waals surface area (Å²) in [6, 6.07) is -0.437. The van der Waals surface area contributed by atoms with Gasteiger partial charge in [-0.25, -0.2) is 22.8 Å². The summed E-state index contributed by atoms with van der Waals surface area (Å²) in [5.41, 5.74) is -0.602. The molecule has 0 spiro atoms. The van der Waals surface area contributed by atoms with Crippen molar-refractivity contribution in [3.05, 3.63) is 10.5 Å². The topological polar surface area (TPSA) is 49.0 Å². The van der Waals surface area contributed by atoms with Gasteiger partial charge in [-0.2, -0.15) is 8.78 Å². The van der Waals surface area contributed by atoms with Gasteiger partial charge in [0.05, 0.1) is 0 Å². The number of alkyl halides is 4. The van der Waals surface area contributed by atoms with E-state index in [9.17, 15) is 22.4 Å². The van der Waals surface area contributed by atoms with Crippen LogP contribution >= 0.6 is 0 Å². The van der Waals surface area contributed by atoms with Gasteiger partial charge in [0.1, 0.15) is 0 Å². The Kier molecular flexibility index (Phi) is 3.24. The molecule has 0 atom stereocenters. The maximum absolute atomic E-state index is 12.5. The summed E-state index contributed by atoms with van der Waals surface area (Å²) in [6.07, 6.45) is -3.83. The second kappa shape index (κ2) is 4.14. The third-order valence-corrected chi connectivity index (χ3v) is 1.80. The summed E-state index contributed by atoms with van der Waals surface area (Å²) in [5, 5.41) is 3.44. The number of aromatic nitrogens is 3. The molecular formula is C7H9F4N3O2. The highest BCUT2D eigenvalue weighted by Crippen LogP contribution is 2.23. The summed E-state index contributed by atoms with van der Waals surface area (Å²) >= 11 is 0. The zero-order valence-corrected chi connectivity index (χ0v) is 8.45. The zero-order chi connectivity index (χ0) is 12.5. The monoisotopic (exact) mass is 243 g/mol. The molecule has 1 aromatic rings. The highest BCUT2D eigenvalue weighted by atomic mass is 19.3. The molecule has 0 aliphatic rings. The fourth-order valence-corrected chi connectivity index (χ4v) is 0.887. The normalized spacial score (nSPS) is 12.2. The molecule has 0 fully saturated rings. The lowest BCUT2D eigenvalue weighted by molar-refractivity contribution is -0.149. The molecule has 92 valence electrons. The van der Waals surface area contributed by atoms with Gasteiger partial charge in [0.25, 0.3) is 0 Å². The van der Waals surface area contributed by atoms with Crippen LogP contribution in [-0.2, 0) is 14.1 Å². The molecule has 0 saturated heterocycles. The van der Waals surface area contributed by atoms with E-state index in [4.69, 9.17) is 0 Å². The first-order valence-electron chi connectivity index (χ1n) is 4.14. The standard InChI is InChI=1S/C7H9F4N3O2/c1-13-5(12-14(2)6(13)15)16-3-7(10,11)4(8)9/h4H,3H2,1-2H3. The van der Waals surface area contributed by atoms with E-state index in [2.05, 4.69) is 9.84 Å². The first kappa shape index (κ1) is 12.5. The van der Waals surface area contributed by atoms with Crippen molar-refractivity contribution in [2.24, 2.45) is 14.1 Å². The van der Waals surface area contributed by atoms with E-state index in [1.807, 2.05) is 0 Å². The molecule has 0 aromatic carbocycles. The first-order valence-corrected chi connectivity index (χ1v) is 4.14. The minimum atomic E-state index is -4.27. The number of ether oxygens (including phenoxy) is 1. The molecular weight excluding hydrogens is 234 g/mol. The van der Waals surface area contributed by atoms with Crippen molar-refractivity contribution >= 4 is 0 Å². The van der Waals surface area contributed by atoms with Gasteiger partial charge in [0, 0.05) is 14.1 Å². The van der Waals surface area contributed by atoms with Crippen molar-refractivity contribution in [3.63, 3.8) is 0 Å². The summed E-state index contributed by atoms with van der Waals surface area (Å²) in [7, 11) is 2.51. The van der Waals surface area contributed by atoms with E-state index < -0.39 is 30.7 Å². The molecule has 0 amide bonds. The number of nitrogens with zero attached hydrogens (tertiary/aromatic N) is 3. The molecule has 16 heavy (non-hydrogen) atoms. The molecule has 1 rings (SSSR count). The van der Waals surface area contributed by atoms with E-state index in [-0.39, 0.29) is 0 Å². The molecule has 0 aliphatic carbocycles. The first-order chi connectivity index (χ1) is 7.25. The number of halogens is 4. The highest BCUT2D eigenvalue weighted by molar-refractivity contribution is 4.93. The Morgan fingerprint density at radius 3 is 2.38 bits per heavy atom. The van der Waals surface area contributed by atoms with Gasteiger partial charge in [-0.05, 0) is 0 Å². The third kappa shape index (κ3) is 2.34. The van der Waals surface area contributed by atoms with Crippen molar-refractivity contribution in [3.8, 4) is 6.01 Å². The van der Waals surface area contributed by atoms with Gasteiger partial charge in [-0.1, -0.05) is 0 Å². The second-order valence-corrected chi connectivity index (χ2v) is 3.10. The lowest BCUT2D eigenvalue weighted by atomic mass is 10.4. The van der Waals surface area contributed by atoms with E-state index in [0.29, 0.717) is 0 Å². The van der Waals surface area contributed by atoms with Crippen molar-refractivity contribution in [1.82, 2.24) is 14.3 Å². The van der Waals surface area contributed by atoms with Gasteiger partial charge in [0.15, 0.2) is 6.61 Å². The Hall–Kier alpha value is -1.54. The van der Waals surface area contributed by atoms with E-state index >= 15 is 0 Å². The molecule has 9 heteroatoms. The maximum atomic E-state index is 12.5. The Morgan fingerprint density at radius 1 is 1.44 bits per heavy atom. The summed E-state index contributed by atoms with van der Waals surface area (Å²) in [6.45, 7) is -1.53. The molecule has 1 aromatic heterocycles. The zero-order valence-electron chi connectivity index (χ0n) is 8.45. The Labute approximate surface area is 87.2 Å². The van der Waals surface area contributed by atoms with Crippen LogP contribution in [0.2, 0.25) is 0 Å². The molecule has 0 N–H and O–H groups in total. The van der Waals surface area contributed by atoms with Crippen LogP contribution in [0.4, 0.5) is 17.6 Å². The molecule has 0 bridgehead atoms. The van der Waals surface area contributed by atoms with Crippen LogP contribution in [0.1, 0.15) is 0 Å². The SMILES string of the molecule is Cn1nc(OCC(F)(F)C(F)F)n(C)c1=O. The Bertz CT molecular complexity index is 426. The number of hydrogen-bond acceptors (Lipinski definition) is 3. The second-order valence-electron chi connectivity index (χ2n) is 3.10. The van der Waals surface area contributed by atoms with E-state index in [1.54, 1.807) is 0 Å².